The minimum Gasteiger partial charge on any atom is -0.480 e. The number of aliphatic carboxylic acids is 1. The molecule has 0 bridgehead atoms. The SMILES string of the molecule is CCCCC(Cl)C(=O)O.N. The van der Waals surface area contributed by atoms with Crippen LogP contribution in [-0.4, -0.2) is 16.5 Å². The molecule has 0 rings (SSSR count). The van der Waals surface area contributed by atoms with Crippen molar-refractivity contribution >= 4 is 17.6 Å². The Balaban J connectivity index is 0. The summed E-state index contributed by atoms with van der Waals surface area (Å²) in [6, 6.07) is 0. The minimum absolute atomic E-state index is 0. The van der Waals surface area contributed by atoms with Crippen molar-refractivity contribution in [3.8, 4) is 0 Å². The van der Waals surface area contributed by atoms with Gasteiger partial charge in [0, 0.05) is 0 Å². The largest absolute Gasteiger partial charge is 0.480 e. The first-order chi connectivity index (χ1) is 4.18. The first kappa shape index (κ1) is 12.4. The van der Waals surface area contributed by atoms with Gasteiger partial charge in [-0.1, -0.05) is 19.8 Å². The molecule has 0 aromatic carbocycles. The summed E-state index contributed by atoms with van der Waals surface area (Å²) in [6.07, 6.45) is 2.46. The van der Waals surface area contributed by atoms with Crippen molar-refractivity contribution < 1.29 is 9.90 Å². The van der Waals surface area contributed by atoms with Crippen molar-refractivity contribution in [1.82, 2.24) is 6.15 Å². The van der Waals surface area contributed by atoms with E-state index in [0.717, 1.165) is 12.8 Å². The van der Waals surface area contributed by atoms with Gasteiger partial charge in [0.2, 0.25) is 0 Å². The molecule has 0 aliphatic carbocycles. The molecule has 0 heterocycles. The van der Waals surface area contributed by atoms with Crippen LogP contribution in [0.1, 0.15) is 26.2 Å². The zero-order valence-corrected chi connectivity index (χ0v) is 6.90. The van der Waals surface area contributed by atoms with Crippen LogP contribution in [0.3, 0.4) is 0 Å². The van der Waals surface area contributed by atoms with E-state index in [2.05, 4.69) is 0 Å². The van der Waals surface area contributed by atoms with Crippen LogP contribution in [0, 0.1) is 0 Å². The summed E-state index contributed by atoms with van der Waals surface area (Å²) in [5.74, 6) is -0.912. The van der Waals surface area contributed by atoms with Crippen molar-refractivity contribution in [3.05, 3.63) is 0 Å². The molecule has 0 spiro atoms. The van der Waals surface area contributed by atoms with E-state index in [0.29, 0.717) is 6.42 Å². The lowest BCUT2D eigenvalue weighted by Gasteiger charge is -1.99. The number of rotatable bonds is 4. The quantitative estimate of drug-likeness (QED) is 0.630. The first-order valence-electron chi connectivity index (χ1n) is 3.05. The molecule has 4 N–H and O–H groups in total. The van der Waals surface area contributed by atoms with E-state index in [-0.39, 0.29) is 6.15 Å². The lowest BCUT2D eigenvalue weighted by atomic mass is 10.2. The highest BCUT2D eigenvalue weighted by Gasteiger charge is 2.11. The summed E-state index contributed by atoms with van der Waals surface area (Å²) in [6.45, 7) is 2.01. The maximum Gasteiger partial charge on any atom is 0.321 e. The average Bonchev–Trinajstić information content (AvgIpc) is 1.82. The predicted molar refractivity (Wildman–Crippen MR) is 41.8 cm³/mol. The van der Waals surface area contributed by atoms with Crippen LogP contribution in [0.4, 0.5) is 0 Å². The maximum atomic E-state index is 10.1. The lowest BCUT2D eigenvalue weighted by Crippen LogP contribution is -2.12. The van der Waals surface area contributed by atoms with E-state index in [1.165, 1.54) is 0 Å². The van der Waals surface area contributed by atoms with Crippen LogP contribution in [-0.2, 0) is 4.79 Å². The molecule has 0 radical (unpaired) electrons. The Morgan fingerprint density at radius 2 is 2.20 bits per heavy atom. The molecule has 3 nitrogen and oxygen atoms in total. The van der Waals surface area contributed by atoms with Gasteiger partial charge in [0.05, 0.1) is 0 Å². The fraction of sp³-hybridized carbons (Fsp3) is 0.833. The Morgan fingerprint density at radius 1 is 1.70 bits per heavy atom. The predicted octanol–water partition coefficient (Wildman–Crippen LogP) is 2.03. The Hall–Kier alpha value is -0.280. The van der Waals surface area contributed by atoms with Gasteiger partial charge in [0.1, 0.15) is 5.38 Å². The summed E-state index contributed by atoms with van der Waals surface area (Å²) in [7, 11) is 0. The summed E-state index contributed by atoms with van der Waals surface area (Å²) in [5.41, 5.74) is 0. The first-order valence-corrected chi connectivity index (χ1v) is 3.49. The van der Waals surface area contributed by atoms with E-state index >= 15 is 0 Å². The molecule has 0 saturated carbocycles. The average molecular weight is 168 g/mol. The van der Waals surface area contributed by atoms with E-state index in [1.54, 1.807) is 0 Å². The van der Waals surface area contributed by atoms with Gasteiger partial charge < -0.3 is 11.3 Å². The highest BCUT2D eigenvalue weighted by atomic mass is 35.5. The maximum absolute atomic E-state index is 10.1. The fourth-order valence-corrected chi connectivity index (χ4v) is 0.661. The molecule has 0 saturated heterocycles. The monoisotopic (exact) mass is 167 g/mol. The number of carbonyl (C=O) groups is 1. The number of alkyl halides is 1. The molecule has 0 aromatic heterocycles. The Kier molecular flexibility index (Phi) is 8.48. The number of unbranched alkanes of at least 4 members (excludes halogenated alkanes) is 1. The Morgan fingerprint density at radius 3 is 2.50 bits per heavy atom. The molecule has 0 aliphatic heterocycles. The Bertz CT molecular complexity index is 97.7. The summed E-state index contributed by atoms with van der Waals surface area (Å²) in [4.78, 5) is 10.1. The zero-order valence-electron chi connectivity index (χ0n) is 6.14. The molecule has 0 aromatic rings. The normalized spacial score (nSPS) is 11.8. The molecule has 1 unspecified atom stereocenters. The second kappa shape index (κ2) is 6.83. The molecule has 62 valence electrons. The van der Waals surface area contributed by atoms with Gasteiger partial charge in [-0.15, -0.1) is 11.6 Å². The van der Waals surface area contributed by atoms with E-state index in [9.17, 15) is 4.79 Å². The molecule has 10 heavy (non-hydrogen) atoms. The van der Waals surface area contributed by atoms with Crippen molar-refractivity contribution in [2.24, 2.45) is 0 Å². The van der Waals surface area contributed by atoms with Gasteiger partial charge in [0.25, 0.3) is 0 Å². The zero-order chi connectivity index (χ0) is 7.28. The van der Waals surface area contributed by atoms with Gasteiger partial charge in [-0.25, -0.2) is 0 Å². The topological polar surface area (TPSA) is 72.3 Å². The fourth-order valence-electron chi connectivity index (χ4n) is 0.507. The third-order valence-electron chi connectivity index (χ3n) is 1.08. The highest BCUT2D eigenvalue weighted by molar-refractivity contribution is 6.29. The summed E-state index contributed by atoms with van der Waals surface area (Å²) in [5, 5.41) is 7.59. The minimum atomic E-state index is -0.912. The van der Waals surface area contributed by atoms with E-state index in [4.69, 9.17) is 16.7 Å². The van der Waals surface area contributed by atoms with Crippen molar-refractivity contribution in [2.45, 2.75) is 31.6 Å². The molecular formula is C6H14ClNO2. The summed E-state index contributed by atoms with van der Waals surface area (Å²) < 4.78 is 0. The number of halogens is 1. The van der Waals surface area contributed by atoms with Gasteiger partial charge in [-0.05, 0) is 6.42 Å². The van der Waals surface area contributed by atoms with Crippen molar-refractivity contribution in [1.29, 1.82) is 0 Å². The van der Waals surface area contributed by atoms with E-state index < -0.39 is 11.3 Å². The van der Waals surface area contributed by atoms with Crippen LogP contribution in [0.15, 0.2) is 0 Å². The number of hydrogen-bond acceptors (Lipinski definition) is 2. The van der Waals surface area contributed by atoms with Gasteiger partial charge >= 0.3 is 5.97 Å². The molecule has 0 aliphatic rings. The molecule has 0 amide bonds. The second-order valence-electron chi connectivity index (χ2n) is 1.95. The van der Waals surface area contributed by atoms with Gasteiger partial charge in [-0.3, -0.25) is 4.79 Å². The van der Waals surface area contributed by atoms with Crippen molar-refractivity contribution in [3.63, 3.8) is 0 Å². The van der Waals surface area contributed by atoms with E-state index in [1.807, 2.05) is 6.92 Å². The molecule has 4 heteroatoms. The lowest BCUT2D eigenvalue weighted by molar-refractivity contribution is -0.136. The van der Waals surface area contributed by atoms with Crippen LogP contribution in [0.25, 0.3) is 0 Å². The van der Waals surface area contributed by atoms with Crippen LogP contribution < -0.4 is 6.15 Å². The van der Waals surface area contributed by atoms with Gasteiger partial charge in [0.15, 0.2) is 0 Å². The summed E-state index contributed by atoms with van der Waals surface area (Å²) >= 11 is 5.39. The number of hydrogen-bond donors (Lipinski definition) is 2. The molecule has 0 fully saturated rings. The van der Waals surface area contributed by atoms with Crippen LogP contribution >= 0.6 is 11.6 Å². The smallest absolute Gasteiger partial charge is 0.321 e. The second-order valence-corrected chi connectivity index (χ2v) is 2.47. The highest BCUT2D eigenvalue weighted by Crippen LogP contribution is 2.06. The number of carboxylic acids is 1. The third-order valence-corrected chi connectivity index (χ3v) is 1.48. The standard InChI is InChI=1S/C6H11ClO2.H3N/c1-2-3-4-5(7)6(8)9;/h5H,2-4H2,1H3,(H,8,9);1H3. The van der Waals surface area contributed by atoms with Gasteiger partial charge in [-0.2, -0.15) is 0 Å². The van der Waals surface area contributed by atoms with Crippen LogP contribution in [0.2, 0.25) is 0 Å². The van der Waals surface area contributed by atoms with Crippen molar-refractivity contribution in [2.75, 3.05) is 0 Å². The number of carboxylic acid groups (broad SMARTS) is 1. The molecule has 1 atom stereocenters. The van der Waals surface area contributed by atoms with Crippen LogP contribution in [0.5, 0.6) is 0 Å². The Labute approximate surface area is 66.0 Å². The molecular weight excluding hydrogens is 154 g/mol. The third kappa shape index (κ3) is 5.85.